The number of aromatic nitrogens is 1. The fourth-order valence-corrected chi connectivity index (χ4v) is 2.78. The van der Waals surface area contributed by atoms with Gasteiger partial charge in [0.15, 0.2) is 0 Å². The molecule has 0 unspecified atom stereocenters. The van der Waals surface area contributed by atoms with Gasteiger partial charge in [0.2, 0.25) is 0 Å². The summed E-state index contributed by atoms with van der Waals surface area (Å²) in [6.07, 6.45) is 2.78. The lowest BCUT2D eigenvalue weighted by atomic mass is 9.74. The van der Waals surface area contributed by atoms with Crippen LogP contribution in [0.15, 0.2) is 0 Å². The van der Waals surface area contributed by atoms with Gasteiger partial charge in [-0.2, -0.15) is 5.26 Å². The highest BCUT2D eigenvalue weighted by atomic mass is 35.5. The number of fused-ring (bicyclic) bond motifs is 1. The molecule has 1 aromatic rings. The molecule has 0 aliphatic heterocycles. The van der Waals surface area contributed by atoms with Crippen molar-refractivity contribution >= 4 is 23.2 Å². The summed E-state index contributed by atoms with van der Waals surface area (Å²) < 4.78 is 0. The Labute approximate surface area is 105 Å². The first kappa shape index (κ1) is 11.7. The molecule has 0 saturated heterocycles. The Hall–Kier alpha value is -0.780. The number of pyridine rings is 1. The van der Waals surface area contributed by atoms with Crippen LogP contribution in [0.5, 0.6) is 0 Å². The minimum Gasteiger partial charge on any atom is -0.223 e. The van der Waals surface area contributed by atoms with Gasteiger partial charge in [-0.25, -0.2) is 4.98 Å². The van der Waals surface area contributed by atoms with Crippen molar-refractivity contribution in [3.63, 3.8) is 0 Å². The molecule has 0 spiro atoms. The highest BCUT2D eigenvalue weighted by molar-refractivity contribution is 6.33. The zero-order valence-corrected chi connectivity index (χ0v) is 10.8. The van der Waals surface area contributed by atoms with Crippen molar-refractivity contribution in [1.82, 2.24) is 4.98 Å². The lowest BCUT2D eigenvalue weighted by Gasteiger charge is -2.32. The highest BCUT2D eigenvalue weighted by Gasteiger charge is 2.30. The zero-order valence-electron chi connectivity index (χ0n) is 9.27. The Balaban J connectivity index is 2.65. The standard InChI is InChI=1S/C12H12Cl2N2/c1-12(2)4-3-7-8(5-12)9(6-15)11(14)16-10(7)13/h3-5H2,1-2H3. The van der Waals surface area contributed by atoms with Gasteiger partial charge in [0.1, 0.15) is 16.4 Å². The number of halogens is 2. The SMILES string of the molecule is CC1(C)CCc2c(Cl)nc(Cl)c(C#N)c2C1. The van der Waals surface area contributed by atoms with Crippen LogP contribution < -0.4 is 0 Å². The molecule has 4 heteroatoms. The molecule has 0 atom stereocenters. The summed E-state index contributed by atoms with van der Waals surface area (Å²) in [5.41, 5.74) is 2.69. The van der Waals surface area contributed by atoms with Gasteiger partial charge >= 0.3 is 0 Å². The van der Waals surface area contributed by atoms with Crippen LogP contribution in [0.25, 0.3) is 0 Å². The zero-order chi connectivity index (χ0) is 11.9. The van der Waals surface area contributed by atoms with Crippen molar-refractivity contribution in [2.75, 3.05) is 0 Å². The Morgan fingerprint density at radius 3 is 2.56 bits per heavy atom. The van der Waals surface area contributed by atoms with E-state index in [1.165, 1.54) is 0 Å². The van der Waals surface area contributed by atoms with Gasteiger partial charge in [0.05, 0.1) is 5.56 Å². The Bertz CT molecular complexity index is 487. The minimum absolute atomic E-state index is 0.201. The van der Waals surface area contributed by atoms with Crippen molar-refractivity contribution in [2.45, 2.75) is 33.1 Å². The molecule has 0 N–H and O–H groups in total. The average Bonchev–Trinajstić information content (AvgIpc) is 2.16. The number of nitriles is 1. The lowest BCUT2D eigenvalue weighted by molar-refractivity contribution is 0.314. The summed E-state index contributed by atoms with van der Waals surface area (Å²) >= 11 is 12.0. The fourth-order valence-electron chi connectivity index (χ4n) is 2.20. The van der Waals surface area contributed by atoms with Crippen molar-refractivity contribution in [3.8, 4) is 6.07 Å². The first-order valence-corrected chi connectivity index (χ1v) is 5.97. The first-order valence-electron chi connectivity index (χ1n) is 5.21. The molecular formula is C12H12Cl2N2. The van der Waals surface area contributed by atoms with Gasteiger partial charge in [-0.15, -0.1) is 0 Å². The summed E-state index contributed by atoms with van der Waals surface area (Å²) in [6.45, 7) is 4.39. The molecule has 0 radical (unpaired) electrons. The van der Waals surface area contributed by atoms with E-state index in [0.717, 1.165) is 30.4 Å². The predicted molar refractivity (Wildman–Crippen MR) is 64.8 cm³/mol. The summed E-state index contributed by atoms with van der Waals surface area (Å²) in [5.74, 6) is 0. The van der Waals surface area contributed by atoms with Crippen LogP contribution in [-0.4, -0.2) is 4.98 Å². The van der Waals surface area contributed by atoms with E-state index in [0.29, 0.717) is 10.7 Å². The molecule has 2 nitrogen and oxygen atoms in total. The molecule has 1 aromatic heterocycles. The second-order valence-electron chi connectivity index (χ2n) is 4.98. The molecule has 0 saturated carbocycles. The maximum Gasteiger partial charge on any atom is 0.148 e. The lowest BCUT2D eigenvalue weighted by Crippen LogP contribution is -2.24. The van der Waals surface area contributed by atoms with Crippen LogP contribution in [0.2, 0.25) is 10.3 Å². The van der Waals surface area contributed by atoms with Gasteiger partial charge in [0, 0.05) is 0 Å². The first-order chi connectivity index (χ1) is 7.44. The Morgan fingerprint density at radius 2 is 1.94 bits per heavy atom. The van der Waals surface area contributed by atoms with Crippen LogP contribution in [0, 0.1) is 16.7 Å². The van der Waals surface area contributed by atoms with Crippen LogP contribution in [0.1, 0.15) is 37.0 Å². The van der Waals surface area contributed by atoms with E-state index in [-0.39, 0.29) is 10.6 Å². The van der Waals surface area contributed by atoms with E-state index in [9.17, 15) is 0 Å². The number of nitrogens with zero attached hydrogens (tertiary/aromatic N) is 2. The predicted octanol–water partition coefficient (Wildman–Crippen LogP) is 3.77. The smallest absolute Gasteiger partial charge is 0.148 e. The maximum absolute atomic E-state index is 9.12. The van der Waals surface area contributed by atoms with Crippen LogP contribution in [-0.2, 0) is 12.8 Å². The van der Waals surface area contributed by atoms with Crippen molar-refractivity contribution in [1.29, 1.82) is 5.26 Å². The van der Waals surface area contributed by atoms with Gasteiger partial charge < -0.3 is 0 Å². The maximum atomic E-state index is 9.12. The van der Waals surface area contributed by atoms with E-state index in [4.69, 9.17) is 28.5 Å². The van der Waals surface area contributed by atoms with Crippen LogP contribution in [0.4, 0.5) is 0 Å². The van der Waals surface area contributed by atoms with Gasteiger partial charge in [-0.1, -0.05) is 37.0 Å². The second-order valence-corrected chi connectivity index (χ2v) is 5.69. The summed E-state index contributed by atoms with van der Waals surface area (Å²) in [4.78, 5) is 4.01. The quantitative estimate of drug-likeness (QED) is 0.661. The molecule has 0 amide bonds. The monoisotopic (exact) mass is 254 g/mol. The average molecular weight is 255 g/mol. The molecular weight excluding hydrogens is 243 g/mol. The Morgan fingerprint density at radius 1 is 1.25 bits per heavy atom. The third-order valence-electron chi connectivity index (χ3n) is 3.14. The molecule has 0 fully saturated rings. The van der Waals surface area contributed by atoms with E-state index < -0.39 is 0 Å². The molecule has 1 aliphatic carbocycles. The number of hydrogen-bond donors (Lipinski definition) is 0. The Kier molecular flexibility index (Phi) is 2.86. The van der Waals surface area contributed by atoms with Crippen molar-refractivity contribution < 1.29 is 0 Å². The molecule has 1 aliphatic rings. The molecule has 0 aromatic carbocycles. The number of rotatable bonds is 0. The van der Waals surface area contributed by atoms with Gasteiger partial charge in [-0.05, 0) is 35.8 Å². The summed E-state index contributed by atoms with van der Waals surface area (Å²) in [6, 6.07) is 2.14. The molecule has 0 bridgehead atoms. The topological polar surface area (TPSA) is 36.7 Å². The molecule has 2 rings (SSSR count). The molecule has 1 heterocycles. The van der Waals surface area contributed by atoms with Gasteiger partial charge in [0.25, 0.3) is 0 Å². The third kappa shape index (κ3) is 1.90. The summed E-state index contributed by atoms with van der Waals surface area (Å²) in [7, 11) is 0. The van der Waals surface area contributed by atoms with Crippen molar-refractivity contribution in [3.05, 3.63) is 27.0 Å². The van der Waals surface area contributed by atoms with E-state index in [2.05, 4.69) is 24.9 Å². The summed E-state index contributed by atoms with van der Waals surface area (Å²) in [5, 5.41) is 9.80. The van der Waals surface area contributed by atoms with Crippen LogP contribution in [0.3, 0.4) is 0 Å². The molecule has 16 heavy (non-hydrogen) atoms. The highest BCUT2D eigenvalue weighted by Crippen LogP contribution is 2.39. The van der Waals surface area contributed by atoms with E-state index >= 15 is 0 Å². The van der Waals surface area contributed by atoms with Crippen LogP contribution >= 0.6 is 23.2 Å². The molecule has 84 valence electrons. The normalized spacial score (nSPS) is 17.7. The minimum atomic E-state index is 0.201. The largest absolute Gasteiger partial charge is 0.223 e. The second kappa shape index (κ2) is 3.91. The third-order valence-corrected chi connectivity index (χ3v) is 3.72. The number of hydrogen-bond acceptors (Lipinski definition) is 2. The van der Waals surface area contributed by atoms with Crippen molar-refractivity contribution in [2.24, 2.45) is 5.41 Å². The van der Waals surface area contributed by atoms with E-state index in [1.807, 2.05) is 0 Å². The fraction of sp³-hybridized carbons (Fsp3) is 0.500. The van der Waals surface area contributed by atoms with Gasteiger partial charge in [-0.3, -0.25) is 0 Å². The van der Waals surface area contributed by atoms with E-state index in [1.54, 1.807) is 0 Å².